The lowest BCUT2D eigenvalue weighted by molar-refractivity contribution is -0.136. The van der Waals surface area contributed by atoms with Gasteiger partial charge in [0.2, 0.25) is 0 Å². The number of carbonyl (C=O) groups is 2. The molecule has 1 fully saturated rings. The summed E-state index contributed by atoms with van der Waals surface area (Å²) in [6, 6.07) is 15.8. The van der Waals surface area contributed by atoms with E-state index < -0.39 is 5.92 Å². The van der Waals surface area contributed by atoms with Gasteiger partial charge in [0, 0.05) is 25.3 Å². The zero-order valence-corrected chi connectivity index (χ0v) is 27.3. The second-order valence-electron chi connectivity index (χ2n) is 13.7. The first kappa shape index (κ1) is 34.5. The van der Waals surface area contributed by atoms with Crippen LogP contribution in [-0.4, -0.2) is 17.7 Å². The van der Waals surface area contributed by atoms with Crippen LogP contribution in [0.2, 0.25) is 0 Å². The van der Waals surface area contributed by atoms with E-state index in [0.717, 1.165) is 88.2 Å². The van der Waals surface area contributed by atoms with Gasteiger partial charge in [0.05, 0.1) is 12.2 Å². The Morgan fingerprint density at radius 3 is 2.34 bits per heavy atom. The zero-order valence-electron chi connectivity index (χ0n) is 27.3. The molecule has 5 heteroatoms. The first-order valence-electron chi connectivity index (χ1n) is 17.4. The van der Waals surface area contributed by atoms with Gasteiger partial charge in [0.1, 0.15) is 0 Å². The number of rotatable bonds is 16. The van der Waals surface area contributed by atoms with Crippen LogP contribution in [0.15, 0.2) is 48.5 Å². The van der Waals surface area contributed by atoms with Crippen LogP contribution in [0.1, 0.15) is 151 Å². The van der Waals surface area contributed by atoms with Gasteiger partial charge < -0.3 is 4.74 Å². The summed E-state index contributed by atoms with van der Waals surface area (Å²) >= 11 is 0. The van der Waals surface area contributed by atoms with Crippen LogP contribution in [0.25, 0.3) is 0 Å². The van der Waals surface area contributed by atoms with Gasteiger partial charge in [-0.3, -0.25) is 9.59 Å². The Labute approximate surface area is 264 Å². The third-order valence-corrected chi connectivity index (χ3v) is 10.1. The lowest BCUT2D eigenvalue weighted by Gasteiger charge is -2.43. The topological polar surface area (TPSA) is 43.4 Å². The quantitative estimate of drug-likeness (QED) is 0.141. The molecule has 4 rings (SSSR count). The first-order valence-corrected chi connectivity index (χ1v) is 17.4. The molecule has 242 valence electrons. The van der Waals surface area contributed by atoms with E-state index in [4.69, 9.17) is 4.74 Å². The third-order valence-electron chi connectivity index (χ3n) is 10.1. The number of ketones is 2. The van der Waals surface area contributed by atoms with Gasteiger partial charge >= 0.3 is 0 Å². The molecule has 44 heavy (non-hydrogen) atoms. The number of ether oxygens (including phenoxy) is 1. The van der Waals surface area contributed by atoms with Crippen molar-refractivity contribution in [2.24, 2.45) is 11.8 Å². The SMILES string of the molecule is CCCC(C)CCCCCC(=O)C(=O)CCCC[C@H]1CC[C@@H]2[C@H](O1)c1cc(C(C)(F)F)ccc1CCC[C@H]2c1ccccc1. The van der Waals surface area contributed by atoms with Crippen molar-refractivity contribution < 1.29 is 23.1 Å². The summed E-state index contributed by atoms with van der Waals surface area (Å²) in [6.45, 7) is 5.47. The highest BCUT2D eigenvalue weighted by Crippen LogP contribution is 2.49. The molecule has 0 aromatic heterocycles. The Morgan fingerprint density at radius 2 is 1.64 bits per heavy atom. The van der Waals surface area contributed by atoms with E-state index in [9.17, 15) is 18.4 Å². The molecule has 0 radical (unpaired) electrons. The fourth-order valence-electron chi connectivity index (χ4n) is 7.56. The van der Waals surface area contributed by atoms with Crippen LogP contribution in [0.4, 0.5) is 8.78 Å². The summed E-state index contributed by atoms with van der Waals surface area (Å²) in [7, 11) is 0. The van der Waals surface area contributed by atoms with Crippen LogP contribution >= 0.6 is 0 Å². The Hall–Kier alpha value is -2.40. The Kier molecular flexibility index (Phi) is 13.1. The molecule has 0 bridgehead atoms. The summed E-state index contributed by atoms with van der Waals surface area (Å²) in [5, 5.41) is 0. The van der Waals surface area contributed by atoms with E-state index in [1.54, 1.807) is 12.1 Å². The van der Waals surface area contributed by atoms with Crippen LogP contribution in [-0.2, 0) is 26.7 Å². The Bertz CT molecular complexity index is 1190. The number of fused-ring (bicyclic) bond motifs is 3. The highest BCUT2D eigenvalue weighted by Gasteiger charge is 2.40. The van der Waals surface area contributed by atoms with Crippen molar-refractivity contribution in [1.82, 2.24) is 0 Å². The highest BCUT2D eigenvalue weighted by molar-refractivity contribution is 6.37. The summed E-state index contributed by atoms with van der Waals surface area (Å²) in [5.41, 5.74) is 3.41. The number of aryl methyl sites for hydroxylation is 1. The van der Waals surface area contributed by atoms with Gasteiger partial charge in [-0.05, 0) is 91.9 Å². The lowest BCUT2D eigenvalue weighted by atomic mass is 9.70. The molecule has 3 nitrogen and oxygen atoms in total. The summed E-state index contributed by atoms with van der Waals surface area (Å²) in [5.74, 6) is -2.07. The number of unbranched alkanes of at least 4 members (excludes halogenated alkanes) is 3. The molecule has 1 unspecified atom stereocenters. The summed E-state index contributed by atoms with van der Waals surface area (Å²) in [4.78, 5) is 24.9. The van der Waals surface area contributed by atoms with E-state index >= 15 is 0 Å². The molecule has 2 aliphatic rings. The molecule has 1 aliphatic heterocycles. The molecule has 0 N–H and O–H groups in total. The van der Waals surface area contributed by atoms with Gasteiger partial charge in [0.15, 0.2) is 11.6 Å². The normalized spacial score (nSPS) is 22.8. The minimum absolute atomic E-state index is 0.0200. The molecule has 2 aromatic carbocycles. The van der Waals surface area contributed by atoms with Crippen molar-refractivity contribution in [2.45, 2.75) is 148 Å². The number of alkyl halides is 2. The number of hydrogen-bond acceptors (Lipinski definition) is 3. The molecule has 1 saturated heterocycles. The Balaban J connectivity index is 1.33. The smallest absolute Gasteiger partial charge is 0.270 e. The lowest BCUT2D eigenvalue weighted by Crippen LogP contribution is -2.34. The summed E-state index contributed by atoms with van der Waals surface area (Å²) in [6.07, 6.45) is 14.2. The van der Waals surface area contributed by atoms with E-state index in [-0.39, 0.29) is 35.3 Å². The fraction of sp³-hybridized carbons (Fsp3) is 0.641. The highest BCUT2D eigenvalue weighted by atomic mass is 19.3. The van der Waals surface area contributed by atoms with Crippen molar-refractivity contribution in [3.05, 3.63) is 70.8 Å². The second-order valence-corrected chi connectivity index (χ2v) is 13.7. The standard InChI is InChI=1S/C39H54F2O3/c1-4-14-28(2)15-7-5-10-21-36(42)37(43)22-12-11-19-32-25-26-34-33(29-16-8-6-9-17-29)20-13-18-30-23-24-31(39(3,40)41)27-35(30)38(34)44-32/h6,8-9,16-17,23-24,27-28,32-34,38H,4-5,7,10-15,18-22,25-26H2,1-3H3/t28?,32-,33-,34-,38-/m0/s1. The monoisotopic (exact) mass is 608 g/mol. The van der Waals surface area contributed by atoms with Crippen molar-refractivity contribution in [1.29, 1.82) is 0 Å². The fourth-order valence-corrected chi connectivity index (χ4v) is 7.56. The molecule has 5 atom stereocenters. The average molecular weight is 609 g/mol. The van der Waals surface area contributed by atoms with Crippen molar-refractivity contribution >= 4 is 11.6 Å². The first-order chi connectivity index (χ1) is 21.2. The number of hydrogen-bond donors (Lipinski definition) is 0. The van der Waals surface area contributed by atoms with Crippen LogP contribution in [0.3, 0.4) is 0 Å². The molecule has 2 aromatic rings. The minimum Gasteiger partial charge on any atom is -0.370 e. The maximum Gasteiger partial charge on any atom is 0.270 e. The third kappa shape index (κ3) is 9.80. The number of benzene rings is 2. The molecular weight excluding hydrogens is 554 g/mol. The largest absolute Gasteiger partial charge is 0.370 e. The van der Waals surface area contributed by atoms with E-state index in [0.29, 0.717) is 25.2 Å². The predicted molar refractivity (Wildman–Crippen MR) is 174 cm³/mol. The predicted octanol–water partition coefficient (Wildman–Crippen LogP) is 10.8. The van der Waals surface area contributed by atoms with Gasteiger partial charge in [-0.1, -0.05) is 94.8 Å². The van der Waals surface area contributed by atoms with Gasteiger partial charge in [-0.2, -0.15) is 0 Å². The average Bonchev–Trinajstić information content (AvgIpc) is 3.00. The van der Waals surface area contributed by atoms with E-state index in [1.807, 2.05) is 12.1 Å². The maximum atomic E-state index is 14.4. The van der Waals surface area contributed by atoms with Gasteiger partial charge in [-0.15, -0.1) is 0 Å². The molecule has 0 amide bonds. The van der Waals surface area contributed by atoms with Gasteiger partial charge in [-0.25, -0.2) is 8.78 Å². The van der Waals surface area contributed by atoms with Crippen molar-refractivity contribution in [3.8, 4) is 0 Å². The molecule has 0 saturated carbocycles. The van der Waals surface area contributed by atoms with E-state index in [1.165, 1.54) is 24.8 Å². The van der Waals surface area contributed by atoms with Gasteiger partial charge in [0.25, 0.3) is 5.92 Å². The molecule has 1 aliphatic carbocycles. The van der Waals surface area contributed by atoms with Crippen LogP contribution < -0.4 is 0 Å². The molecular formula is C39H54F2O3. The van der Waals surface area contributed by atoms with Crippen molar-refractivity contribution in [3.63, 3.8) is 0 Å². The summed E-state index contributed by atoms with van der Waals surface area (Å²) < 4.78 is 35.7. The Morgan fingerprint density at radius 1 is 0.909 bits per heavy atom. The maximum absolute atomic E-state index is 14.4. The number of Topliss-reactive ketones (excluding diaryl/α,β-unsaturated/α-hetero) is 2. The number of carbonyl (C=O) groups excluding carboxylic acids is 2. The van der Waals surface area contributed by atoms with Crippen LogP contribution in [0.5, 0.6) is 0 Å². The molecule has 0 spiro atoms. The number of halogens is 2. The zero-order chi connectivity index (χ0) is 31.5. The minimum atomic E-state index is -2.91. The van der Waals surface area contributed by atoms with Crippen LogP contribution in [0, 0.1) is 11.8 Å². The van der Waals surface area contributed by atoms with E-state index in [2.05, 4.69) is 38.1 Å². The van der Waals surface area contributed by atoms with Crippen molar-refractivity contribution in [2.75, 3.05) is 0 Å². The second kappa shape index (κ2) is 16.8. The molecule has 1 heterocycles.